The summed E-state index contributed by atoms with van der Waals surface area (Å²) in [6.07, 6.45) is 0.656. The van der Waals surface area contributed by atoms with Gasteiger partial charge in [0, 0.05) is 12.6 Å². The normalized spacial score (nSPS) is 13.2. The lowest BCUT2D eigenvalue weighted by atomic mass is 10.2. The summed E-state index contributed by atoms with van der Waals surface area (Å²) in [7, 11) is -3.57. The Labute approximate surface area is 111 Å². The molecule has 1 aromatic rings. The van der Waals surface area contributed by atoms with Crippen LogP contribution in [-0.4, -0.2) is 33.5 Å². The maximum absolute atomic E-state index is 11.7. The van der Waals surface area contributed by atoms with Crippen LogP contribution in [0.1, 0.15) is 13.3 Å². The first-order chi connectivity index (χ1) is 8.42. The lowest BCUT2D eigenvalue weighted by molar-refractivity contribution is -0.119. The molecule has 0 aliphatic carbocycles. The van der Waals surface area contributed by atoms with Crippen LogP contribution in [0.3, 0.4) is 0 Å². The molecule has 102 valence electrons. The summed E-state index contributed by atoms with van der Waals surface area (Å²) in [4.78, 5) is 11.4. The Hall–Kier alpha value is -0.960. The van der Waals surface area contributed by atoms with Gasteiger partial charge >= 0.3 is 0 Å². The zero-order chi connectivity index (χ0) is 13.6. The van der Waals surface area contributed by atoms with Gasteiger partial charge in [-0.05, 0) is 24.8 Å². The Bertz CT molecular complexity index is 469. The maximum Gasteiger partial charge on any atom is 0.250 e. The van der Waals surface area contributed by atoms with Crippen LogP contribution in [0, 0.1) is 0 Å². The number of hydrogen-bond donors (Lipinski definition) is 3. The summed E-state index contributed by atoms with van der Waals surface area (Å²) in [5.41, 5.74) is 5.52. The van der Waals surface area contributed by atoms with Crippen molar-refractivity contribution in [3.05, 3.63) is 17.5 Å². The van der Waals surface area contributed by atoms with Crippen molar-refractivity contribution >= 4 is 27.3 Å². The molecule has 4 N–H and O–H groups in total. The smallest absolute Gasteiger partial charge is 0.250 e. The van der Waals surface area contributed by atoms with Gasteiger partial charge in [0.1, 0.15) is 4.21 Å². The van der Waals surface area contributed by atoms with E-state index in [0.29, 0.717) is 13.0 Å². The van der Waals surface area contributed by atoms with E-state index in [1.54, 1.807) is 11.4 Å². The van der Waals surface area contributed by atoms with Crippen molar-refractivity contribution in [3.63, 3.8) is 0 Å². The van der Waals surface area contributed by atoms with Crippen molar-refractivity contribution in [3.8, 4) is 0 Å². The molecule has 1 amide bonds. The molecule has 0 radical (unpaired) electrons. The molecule has 0 bridgehead atoms. The Morgan fingerprint density at radius 1 is 1.56 bits per heavy atom. The van der Waals surface area contributed by atoms with Crippen molar-refractivity contribution in [2.24, 2.45) is 5.73 Å². The highest BCUT2D eigenvalue weighted by atomic mass is 32.2. The van der Waals surface area contributed by atoms with E-state index >= 15 is 0 Å². The average Bonchev–Trinajstić information content (AvgIpc) is 2.80. The molecule has 8 heteroatoms. The summed E-state index contributed by atoms with van der Waals surface area (Å²) in [5.74, 6) is -0.365. The Morgan fingerprint density at radius 3 is 2.83 bits per heavy atom. The number of carbonyl (C=O) groups excluding carboxylic acids is 1. The second-order valence-corrected chi connectivity index (χ2v) is 6.81. The summed E-state index contributed by atoms with van der Waals surface area (Å²) in [6.45, 7) is 2.02. The molecule has 0 saturated carbocycles. The number of nitrogens with two attached hydrogens (primary N) is 1. The Kier molecular flexibility index (Phi) is 5.73. The first-order valence-corrected chi connectivity index (χ1v) is 7.83. The van der Waals surface area contributed by atoms with Gasteiger partial charge in [-0.15, -0.1) is 11.3 Å². The van der Waals surface area contributed by atoms with Gasteiger partial charge in [0.05, 0.1) is 6.54 Å². The highest BCUT2D eigenvalue weighted by molar-refractivity contribution is 7.91. The second kappa shape index (κ2) is 6.83. The van der Waals surface area contributed by atoms with Crippen LogP contribution in [0.15, 0.2) is 21.7 Å². The van der Waals surface area contributed by atoms with Gasteiger partial charge in [-0.1, -0.05) is 6.07 Å². The number of amides is 1. The lowest BCUT2D eigenvalue weighted by Crippen LogP contribution is -2.38. The van der Waals surface area contributed by atoms with Crippen molar-refractivity contribution < 1.29 is 13.2 Å². The van der Waals surface area contributed by atoms with E-state index in [2.05, 4.69) is 10.0 Å². The van der Waals surface area contributed by atoms with Crippen molar-refractivity contribution in [2.75, 3.05) is 13.1 Å². The number of nitrogens with one attached hydrogen (secondary N) is 2. The minimum absolute atomic E-state index is 0.00751. The molecule has 1 heterocycles. The van der Waals surface area contributed by atoms with Crippen LogP contribution in [0.5, 0.6) is 0 Å². The Morgan fingerprint density at radius 2 is 2.28 bits per heavy atom. The predicted molar refractivity (Wildman–Crippen MR) is 70.8 cm³/mol. The summed E-state index contributed by atoms with van der Waals surface area (Å²) in [5, 5.41) is 4.25. The number of hydrogen-bond acceptors (Lipinski definition) is 5. The van der Waals surface area contributed by atoms with E-state index in [0.717, 1.165) is 11.3 Å². The minimum atomic E-state index is -3.57. The first-order valence-electron chi connectivity index (χ1n) is 5.47. The average molecular weight is 291 g/mol. The fraction of sp³-hybridized carbons (Fsp3) is 0.500. The standard InChI is InChI=1S/C10H17N3O3S2/c1-8(11)4-5-12-9(14)7-13-18(15,16)10-3-2-6-17-10/h2-3,6,8,13H,4-5,7,11H2,1H3,(H,12,14). The van der Waals surface area contributed by atoms with E-state index in [1.165, 1.54) is 6.07 Å². The van der Waals surface area contributed by atoms with Gasteiger partial charge in [0.25, 0.3) is 10.0 Å². The van der Waals surface area contributed by atoms with Gasteiger partial charge in [-0.3, -0.25) is 4.79 Å². The van der Waals surface area contributed by atoms with E-state index in [-0.39, 0.29) is 22.7 Å². The zero-order valence-corrected chi connectivity index (χ0v) is 11.7. The highest BCUT2D eigenvalue weighted by Gasteiger charge is 2.15. The highest BCUT2D eigenvalue weighted by Crippen LogP contribution is 2.14. The van der Waals surface area contributed by atoms with Gasteiger partial charge < -0.3 is 11.1 Å². The SMILES string of the molecule is CC(N)CCNC(=O)CNS(=O)(=O)c1cccs1. The molecule has 0 aromatic carbocycles. The molecule has 0 saturated heterocycles. The third kappa shape index (κ3) is 5.13. The van der Waals surface area contributed by atoms with Gasteiger partial charge in [0.15, 0.2) is 0 Å². The first kappa shape index (κ1) is 15.1. The maximum atomic E-state index is 11.7. The molecular formula is C10H17N3O3S2. The molecule has 0 fully saturated rings. The van der Waals surface area contributed by atoms with Gasteiger partial charge in [-0.25, -0.2) is 13.1 Å². The quantitative estimate of drug-likeness (QED) is 0.652. The van der Waals surface area contributed by atoms with E-state index < -0.39 is 10.0 Å². The molecule has 1 rings (SSSR count). The van der Waals surface area contributed by atoms with Crippen LogP contribution < -0.4 is 15.8 Å². The molecule has 1 atom stereocenters. The van der Waals surface area contributed by atoms with Gasteiger partial charge in [0.2, 0.25) is 5.91 Å². The monoisotopic (exact) mass is 291 g/mol. The number of carbonyl (C=O) groups is 1. The third-order valence-corrected chi connectivity index (χ3v) is 4.90. The molecule has 6 nitrogen and oxygen atoms in total. The number of rotatable bonds is 7. The molecule has 0 spiro atoms. The summed E-state index contributed by atoms with van der Waals surface area (Å²) >= 11 is 1.10. The minimum Gasteiger partial charge on any atom is -0.355 e. The molecule has 0 aliphatic heterocycles. The lowest BCUT2D eigenvalue weighted by Gasteiger charge is -2.08. The van der Waals surface area contributed by atoms with E-state index in [1.807, 2.05) is 6.92 Å². The van der Waals surface area contributed by atoms with Crippen LogP contribution in [0.4, 0.5) is 0 Å². The molecule has 0 aliphatic rings. The van der Waals surface area contributed by atoms with E-state index in [4.69, 9.17) is 5.73 Å². The number of thiophene rings is 1. The zero-order valence-electron chi connectivity index (χ0n) is 10.0. The molecular weight excluding hydrogens is 274 g/mol. The largest absolute Gasteiger partial charge is 0.355 e. The van der Waals surface area contributed by atoms with Crippen molar-refractivity contribution in [1.29, 1.82) is 0 Å². The topological polar surface area (TPSA) is 101 Å². The fourth-order valence-electron chi connectivity index (χ4n) is 1.15. The van der Waals surface area contributed by atoms with E-state index in [9.17, 15) is 13.2 Å². The second-order valence-electron chi connectivity index (χ2n) is 3.87. The van der Waals surface area contributed by atoms with Crippen LogP contribution in [0.2, 0.25) is 0 Å². The fourth-order valence-corrected chi connectivity index (χ4v) is 3.17. The van der Waals surface area contributed by atoms with Crippen molar-refractivity contribution in [1.82, 2.24) is 10.0 Å². The van der Waals surface area contributed by atoms with Crippen LogP contribution in [0.25, 0.3) is 0 Å². The molecule has 18 heavy (non-hydrogen) atoms. The molecule has 1 unspecified atom stereocenters. The summed E-state index contributed by atoms with van der Waals surface area (Å²) in [6, 6.07) is 3.14. The Balaban J connectivity index is 2.35. The van der Waals surface area contributed by atoms with Crippen LogP contribution >= 0.6 is 11.3 Å². The van der Waals surface area contributed by atoms with Crippen LogP contribution in [-0.2, 0) is 14.8 Å². The number of sulfonamides is 1. The van der Waals surface area contributed by atoms with Gasteiger partial charge in [-0.2, -0.15) is 0 Å². The molecule has 1 aromatic heterocycles. The van der Waals surface area contributed by atoms with Crippen molar-refractivity contribution in [2.45, 2.75) is 23.6 Å². The predicted octanol–water partition coefficient (Wildman–Crippen LogP) is -0.120. The third-order valence-electron chi connectivity index (χ3n) is 2.10. The summed E-state index contributed by atoms with van der Waals surface area (Å²) < 4.78 is 25.8.